The Morgan fingerprint density at radius 3 is 2.58 bits per heavy atom. The summed E-state index contributed by atoms with van der Waals surface area (Å²) < 4.78 is 12.6. The van der Waals surface area contributed by atoms with Crippen LogP contribution < -0.4 is 5.73 Å². The molecule has 0 amide bonds. The molecule has 0 aromatic carbocycles. The van der Waals surface area contributed by atoms with Crippen LogP contribution >= 0.6 is 0 Å². The van der Waals surface area contributed by atoms with Crippen molar-refractivity contribution in [2.45, 2.75) is 83.1 Å². The van der Waals surface area contributed by atoms with Crippen molar-refractivity contribution in [3.8, 4) is 0 Å². The van der Waals surface area contributed by atoms with Gasteiger partial charge in [0.15, 0.2) is 8.32 Å². The lowest BCUT2D eigenvalue weighted by atomic mass is 9.84. The number of anilines is 1. The average molecular weight is 353 g/mol. The molecule has 1 aromatic rings. The minimum atomic E-state index is -2.01. The number of aromatic nitrogens is 1. The molecule has 2 heterocycles. The van der Waals surface area contributed by atoms with Gasteiger partial charge in [0.05, 0.1) is 30.2 Å². The minimum Gasteiger partial charge on any atom is -0.411 e. The van der Waals surface area contributed by atoms with Gasteiger partial charge in [-0.2, -0.15) is 0 Å². The van der Waals surface area contributed by atoms with E-state index in [-0.39, 0.29) is 23.4 Å². The van der Waals surface area contributed by atoms with E-state index in [1.54, 1.807) is 12.4 Å². The molecule has 3 N–H and O–H groups in total. The number of ether oxygens (including phenoxy) is 1. The van der Waals surface area contributed by atoms with Crippen LogP contribution in [0.15, 0.2) is 18.5 Å². The van der Waals surface area contributed by atoms with Crippen LogP contribution in [0.1, 0.15) is 52.7 Å². The van der Waals surface area contributed by atoms with E-state index in [0.717, 1.165) is 5.56 Å². The van der Waals surface area contributed by atoms with Crippen molar-refractivity contribution in [3.63, 3.8) is 0 Å². The Morgan fingerprint density at radius 1 is 1.42 bits per heavy atom. The SMILES string of the molecule is CC1OC(c2ccncc2N)CC(O[Si](C)(C)C(C)(C)C)C1(C)O. The van der Waals surface area contributed by atoms with E-state index in [2.05, 4.69) is 38.8 Å². The Hall–Kier alpha value is -0.953. The Labute approximate surface area is 146 Å². The summed E-state index contributed by atoms with van der Waals surface area (Å²) in [4.78, 5) is 4.04. The Bertz CT molecular complexity index is 584. The predicted octanol–water partition coefficient (Wildman–Crippen LogP) is 3.66. The molecule has 24 heavy (non-hydrogen) atoms. The average Bonchev–Trinajstić information content (AvgIpc) is 2.43. The number of pyridine rings is 1. The highest BCUT2D eigenvalue weighted by Crippen LogP contribution is 2.44. The van der Waals surface area contributed by atoms with Gasteiger partial charge in [-0.05, 0) is 38.0 Å². The van der Waals surface area contributed by atoms with Gasteiger partial charge in [-0.15, -0.1) is 0 Å². The van der Waals surface area contributed by atoms with Gasteiger partial charge in [-0.1, -0.05) is 20.8 Å². The van der Waals surface area contributed by atoms with Gasteiger partial charge in [-0.25, -0.2) is 0 Å². The topological polar surface area (TPSA) is 77.6 Å². The molecule has 4 atom stereocenters. The molecule has 0 bridgehead atoms. The molecule has 1 aliphatic heterocycles. The first-order valence-corrected chi connectivity index (χ1v) is 11.5. The fraction of sp³-hybridized carbons (Fsp3) is 0.722. The van der Waals surface area contributed by atoms with Crippen molar-refractivity contribution in [1.82, 2.24) is 4.98 Å². The molecule has 0 spiro atoms. The van der Waals surface area contributed by atoms with Gasteiger partial charge in [0.25, 0.3) is 0 Å². The number of nitrogens with two attached hydrogens (primary N) is 1. The molecule has 0 aliphatic carbocycles. The number of nitrogen functional groups attached to an aromatic ring is 1. The van der Waals surface area contributed by atoms with Crippen LogP contribution in [0, 0.1) is 0 Å². The molecule has 5 nitrogen and oxygen atoms in total. The normalized spacial score (nSPS) is 31.9. The second-order valence-electron chi connectivity index (χ2n) is 8.60. The van der Waals surface area contributed by atoms with Crippen LogP contribution in [0.25, 0.3) is 0 Å². The number of hydrogen-bond donors (Lipinski definition) is 2. The van der Waals surface area contributed by atoms with Gasteiger partial charge < -0.3 is 20.0 Å². The molecule has 136 valence electrons. The van der Waals surface area contributed by atoms with Crippen molar-refractivity contribution >= 4 is 14.0 Å². The van der Waals surface area contributed by atoms with E-state index >= 15 is 0 Å². The van der Waals surface area contributed by atoms with Crippen molar-refractivity contribution in [1.29, 1.82) is 0 Å². The van der Waals surface area contributed by atoms with Crippen molar-refractivity contribution in [2.24, 2.45) is 0 Å². The summed E-state index contributed by atoms with van der Waals surface area (Å²) in [5.41, 5.74) is 6.56. The molecule has 0 saturated carbocycles. The molecule has 2 rings (SSSR count). The zero-order chi connectivity index (χ0) is 18.3. The first-order chi connectivity index (χ1) is 10.9. The molecule has 1 fully saturated rings. The van der Waals surface area contributed by atoms with E-state index in [1.807, 2.05) is 19.9 Å². The quantitative estimate of drug-likeness (QED) is 0.812. The van der Waals surface area contributed by atoms with Gasteiger partial charge >= 0.3 is 0 Å². The van der Waals surface area contributed by atoms with Crippen LogP contribution in [0.4, 0.5) is 5.69 Å². The van der Waals surface area contributed by atoms with Gasteiger partial charge in [0.1, 0.15) is 5.60 Å². The molecule has 6 heteroatoms. The Kier molecular flexibility index (Phi) is 5.17. The lowest BCUT2D eigenvalue weighted by Gasteiger charge is -2.49. The van der Waals surface area contributed by atoms with E-state index < -0.39 is 13.9 Å². The monoisotopic (exact) mass is 352 g/mol. The second-order valence-corrected chi connectivity index (χ2v) is 13.4. The summed E-state index contributed by atoms with van der Waals surface area (Å²) in [6.07, 6.45) is 3.10. The number of nitrogens with zero attached hydrogens (tertiary/aromatic N) is 1. The number of rotatable bonds is 3. The first kappa shape index (κ1) is 19.4. The van der Waals surface area contributed by atoms with Gasteiger partial charge in [0, 0.05) is 18.2 Å². The third-order valence-corrected chi connectivity index (χ3v) is 10.2. The fourth-order valence-electron chi connectivity index (χ4n) is 2.75. The maximum Gasteiger partial charge on any atom is 0.192 e. The van der Waals surface area contributed by atoms with Crippen LogP contribution in [-0.4, -0.2) is 36.2 Å². The van der Waals surface area contributed by atoms with Crippen LogP contribution in [0.5, 0.6) is 0 Å². The maximum absolute atomic E-state index is 11.0. The molecule has 1 aromatic heterocycles. The molecule has 4 unspecified atom stereocenters. The molecule has 1 aliphatic rings. The standard InChI is InChI=1S/C18H32N2O3Si/c1-12-18(5,21)16(23-24(6,7)17(2,3)4)10-15(22-12)13-8-9-20-11-14(13)19/h8-9,11-12,15-16,21H,10,19H2,1-7H3. The summed E-state index contributed by atoms with van der Waals surface area (Å²) in [7, 11) is -2.01. The second kappa shape index (κ2) is 6.41. The Balaban J connectivity index is 2.30. The number of aliphatic hydroxyl groups is 1. The van der Waals surface area contributed by atoms with Gasteiger partial charge in [-0.3, -0.25) is 4.98 Å². The first-order valence-electron chi connectivity index (χ1n) is 8.61. The van der Waals surface area contributed by atoms with Crippen molar-refractivity contribution in [2.75, 3.05) is 5.73 Å². The highest BCUT2D eigenvalue weighted by Gasteiger charge is 2.50. The zero-order valence-electron chi connectivity index (χ0n) is 16.0. The van der Waals surface area contributed by atoms with Crippen LogP contribution in [0.3, 0.4) is 0 Å². The highest BCUT2D eigenvalue weighted by molar-refractivity contribution is 6.74. The third-order valence-electron chi connectivity index (χ3n) is 5.75. The summed E-state index contributed by atoms with van der Waals surface area (Å²) in [6.45, 7) is 14.7. The largest absolute Gasteiger partial charge is 0.411 e. The van der Waals surface area contributed by atoms with Gasteiger partial charge in [0.2, 0.25) is 0 Å². The molecule has 1 saturated heterocycles. The predicted molar refractivity (Wildman–Crippen MR) is 99.2 cm³/mol. The summed E-state index contributed by atoms with van der Waals surface area (Å²) in [6, 6.07) is 1.89. The van der Waals surface area contributed by atoms with Crippen molar-refractivity contribution in [3.05, 3.63) is 24.0 Å². The van der Waals surface area contributed by atoms with E-state index in [0.29, 0.717) is 12.1 Å². The fourth-order valence-corrected chi connectivity index (χ4v) is 4.14. The highest BCUT2D eigenvalue weighted by atomic mass is 28.4. The zero-order valence-corrected chi connectivity index (χ0v) is 17.0. The lowest BCUT2D eigenvalue weighted by molar-refractivity contribution is -0.211. The minimum absolute atomic E-state index is 0.0792. The van der Waals surface area contributed by atoms with E-state index in [9.17, 15) is 5.11 Å². The molecular weight excluding hydrogens is 320 g/mol. The molecular formula is C18H32N2O3Si. The molecule has 0 radical (unpaired) electrons. The van der Waals surface area contributed by atoms with E-state index in [1.165, 1.54) is 0 Å². The Morgan fingerprint density at radius 2 is 2.04 bits per heavy atom. The smallest absolute Gasteiger partial charge is 0.192 e. The van der Waals surface area contributed by atoms with E-state index in [4.69, 9.17) is 14.9 Å². The number of hydrogen-bond acceptors (Lipinski definition) is 5. The lowest BCUT2D eigenvalue weighted by Crippen LogP contribution is -2.59. The maximum atomic E-state index is 11.0. The van der Waals surface area contributed by atoms with Crippen LogP contribution in [0.2, 0.25) is 18.1 Å². The summed E-state index contributed by atoms with van der Waals surface area (Å²) in [5.74, 6) is 0. The van der Waals surface area contributed by atoms with Crippen molar-refractivity contribution < 1.29 is 14.3 Å². The summed E-state index contributed by atoms with van der Waals surface area (Å²) in [5, 5.41) is 11.1. The third kappa shape index (κ3) is 3.66. The summed E-state index contributed by atoms with van der Waals surface area (Å²) >= 11 is 0. The van der Waals surface area contributed by atoms with Crippen LogP contribution in [-0.2, 0) is 9.16 Å².